The van der Waals surface area contributed by atoms with E-state index in [4.69, 9.17) is 0 Å². The van der Waals surface area contributed by atoms with Crippen molar-refractivity contribution in [3.05, 3.63) is 23.9 Å². The number of aliphatic hydroxyl groups is 1. The molecule has 1 aromatic rings. The van der Waals surface area contributed by atoms with Crippen LogP contribution in [0.3, 0.4) is 0 Å². The smallest absolute Gasteiger partial charge is 0.128 e. The van der Waals surface area contributed by atoms with Crippen molar-refractivity contribution in [3.8, 4) is 0 Å². The lowest BCUT2D eigenvalue weighted by atomic mass is 9.79. The molecule has 2 unspecified atom stereocenters. The molecule has 1 aliphatic rings. The number of aryl methyl sites for hydroxylation is 1. The Morgan fingerprint density at radius 2 is 2.41 bits per heavy atom. The standard InChI is InChI=1S/C14H22N2O/c1-11-5-3-7-14(17,9-11)10-16-13-12(2)6-4-8-15-13/h4,6,8,11,17H,3,5,7,9-10H2,1-2H3,(H,15,16). The van der Waals surface area contributed by atoms with E-state index in [-0.39, 0.29) is 0 Å². The highest BCUT2D eigenvalue weighted by molar-refractivity contribution is 5.42. The molecule has 1 aromatic heterocycles. The summed E-state index contributed by atoms with van der Waals surface area (Å²) >= 11 is 0. The van der Waals surface area contributed by atoms with E-state index in [0.29, 0.717) is 12.5 Å². The maximum Gasteiger partial charge on any atom is 0.128 e. The van der Waals surface area contributed by atoms with E-state index < -0.39 is 5.60 Å². The predicted molar refractivity (Wildman–Crippen MR) is 70.0 cm³/mol. The minimum absolute atomic E-state index is 0.554. The predicted octanol–water partition coefficient (Wildman–Crippen LogP) is 2.74. The summed E-state index contributed by atoms with van der Waals surface area (Å²) in [5, 5.41) is 13.8. The second-order valence-electron chi connectivity index (χ2n) is 5.45. The van der Waals surface area contributed by atoms with Gasteiger partial charge in [-0.2, -0.15) is 0 Å². The fourth-order valence-corrected chi connectivity index (χ4v) is 2.71. The van der Waals surface area contributed by atoms with Crippen LogP contribution >= 0.6 is 0 Å². The lowest BCUT2D eigenvalue weighted by Crippen LogP contribution is -2.41. The molecule has 0 aromatic carbocycles. The van der Waals surface area contributed by atoms with Gasteiger partial charge in [-0.15, -0.1) is 0 Å². The molecule has 1 fully saturated rings. The molecule has 0 aliphatic heterocycles. The zero-order valence-corrected chi connectivity index (χ0v) is 10.7. The fourth-order valence-electron chi connectivity index (χ4n) is 2.71. The van der Waals surface area contributed by atoms with Gasteiger partial charge in [-0.1, -0.05) is 25.8 Å². The van der Waals surface area contributed by atoms with Gasteiger partial charge >= 0.3 is 0 Å². The van der Waals surface area contributed by atoms with Gasteiger partial charge in [0, 0.05) is 12.7 Å². The normalized spacial score (nSPS) is 29.0. The van der Waals surface area contributed by atoms with Crippen molar-refractivity contribution < 1.29 is 5.11 Å². The molecule has 1 aliphatic carbocycles. The lowest BCUT2D eigenvalue weighted by Gasteiger charge is -2.35. The Bertz CT molecular complexity index is 380. The van der Waals surface area contributed by atoms with Crippen LogP contribution in [0.25, 0.3) is 0 Å². The van der Waals surface area contributed by atoms with Crippen molar-refractivity contribution in [2.45, 2.75) is 45.1 Å². The first kappa shape index (κ1) is 12.4. The van der Waals surface area contributed by atoms with E-state index in [1.807, 2.05) is 19.1 Å². The summed E-state index contributed by atoms with van der Waals surface area (Å²) in [6.45, 7) is 4.86. The third-order valence-electron chi connectivity index (χ3n) is 3.66. The molecule has 3 nitrogen and oxygen atoms in total. The average Bonchev–Trinajstić information content (AvgIpc) is 2.28. The summed E-state index contributed by atoms with van der Waals surface area (Å²) < 4.78 is 0. The first-order chi connectivity index (χ1) is 8.09. The number of pyridine rings is 1. The first-order valence-electron chi connectivity index (χ1n) is 6.47. The van der Waals surface area contributed by atoms with Crippen LogP contribution < -0.4 is 5.32 Å². The van der Waals surface area contributed by atoms with Gasteiger partial charge in [-0.3, -0.25) is 0 Å². The molecule has 2 rings (SSSR count). The monoisotopic (exact) mass is 234 g/mol. The number of nitrogens with one attached hydrogen (secondary N) is 1. The summed E-state index contributed by atoms with van der Waals surface area (Å²) in [5.41, 5.74) is 0.571. The van der Waals surface area contributed by atoms with E-state index in [1.165, 1.54) is 6.42 Å². The molecule has 0 amide bonds. The van der Waals surface area contributed by atoms with Crippen molar-refractivity contribution in [1.82, 2.24) is 4.98 Å². The second-order valence-corrected chi connectivity index (χ2v) is 5.45. The third-order valence-corrected chi connectivity index (χ3v) is 3.66. The molecule has 0 radical (unpaired) electrons. The van der Waals surface area contributed by atoms with Gasteiger partial charge < -0.3 is 10.4 Å². The molecule has 2 N–H and O–H groups in total. The molecule has 17 heavy (non-hydrogen) atoms. The molecule has 94 valence electrons. The van der Waals surface area contributed by atoms with Crippen LogP contribution in [0.5, 0.6) is 0 Å². The van der Waals surface area contributed by atoms with E-state index in [2.05, 4.69) is 17.2 Å². The van der Waals surface area contributed by atoms with Crippen LogP contribution in [0.1, 0.15) is 38.2 Å². The van der Waals surface area contributed by atoms with Gasteiger partial charge in [0.25, 0.3) is 0 Å². The summed E-state index contributed by atoms with van der Waals surface area (Å²) in [6.07, 6.45) is 5.94. The van der Waals surface area contributed by atoms with E-state index >= 15 is 0 Å². The molecule has 1 heterocycles. The second kappa shape index (κ2) is 5.05. The fraction of sp³-hybridized carbons (Fsp3) is 0.643. The van der Waals surface area contributed by atoms with Crippen molar-refractivity contribution in [1.29, 1.82) is 0 Å². The van der Waals surface area contributed by atoms with Crippen LogP contribution in [0.4, 0.5) is 5.82 Å². The maximum absolute atomic E-state index is 10.5. The molecule has 1 saturated carbocycles. The Labute approximate surface area is 103 Å². The molecule has 3 heteroatoms. The zero-order chi connectivity index (χ0) is 12.3. The molecule has 0 spiro atoms. The van der Waals surface area contributed by atoms with Gasteiger partial charge in [-0.05, 0) is 37.3 Å². The van der Waals surface area contributed by atoms with Gasteiger partial charge in [0.15, 0.2) is 0 Å². The topological polar surface area (TPSA) is 45.2 Å². The summed E-state index contributed by atoms with van der Waals surface area (Å²) in [6, 6.07) is 3.96. The SMILES string of the molecule is Cc1cccnc1NCC1(O)CCCC(C)C1. The lowest BCUT2D eigenvalue weighted by molar-refractivity contribution is -0.000831. The molecular formula is C14H22N2O. The van der Waals surface area contributed by atoms with E-state index in [1.54, 1.807) is 6.20 Å². The van der Waals surface area contributed by atoms with Crippen molar-refractivity contribution in [3.63, 3.8) is 0 Å². The third kappa shape index (κ3) is 3.19. The Kier molecular flexibility index (Phi) is 3.67. The molecule has 0 saturated heterocycles. The maximum atomic E-state index is 10.5. The summed E-state index contributed by atoms with van der Waals surface area (Å²) in [4.78, 5) is 4.29. The molecule has 0 bridgehead atoms. The highest BCUT2D eigenvalue weighted by Crippen LogP contribution is 2.32. The Morgan fingerprint density at radius 1 is 1.59 bits per heavy atom. The number of nitrogens with zero attached hydrogens (tertiary/aromatic N) is 1. The van der Waals surface area contributed by atoms with Crippen molar-refractivity contribution in [2.75, 3.05) is 11.9 Å². The minimum atomic E-state index is -0.554. The number of aromatic nitrogens is 1. The zero-order valence-electron chi connectivity index (χ0n) is 10.7. The minimum Gasteiger partial charge on any atom is -0.388 e. The van der Waals surface area contributed by atoms with Gasteiger partial charge in [0.1, 0.15) is 5.82 Å². The van der Waals surface area contributed by atoms with Gasteiger partial charge in [0.2, 0.25) is 0 Å². The highest BCUT2D eigenvalue weighted by atomic mass is 16.3. The molecule has 2 atom stereocenters. The van der Waals surface area contributed by atoms with Crippen LogP contribution in [0.15, 0.2) is 18.3 Å². The Hall–Kier alpha value is -1.09. The number of hydrogen-bond acceptors (Lipinski definition) is 3. The largest absolute Gasteiger partial charge is 0.388 e. The van der Waals surface area contributed by atoms with Crippen LogP contribution in [-0.2, 0) is 0 Å². The van der Waals surface area contributed by atoms with E-state index in [9.17, 15) is 5.11 Å². The van der Waals surface area contributed by atoms with Gasteiger partial charge in [-0.25, -0.2) is 4.98 Å². The Balaban J connectivity index is 1.95. The summed E-state index contributed by atoms with van der Waals surface area (Å²) in [7, 11) is 0. The van der Waals surface area contributed by atoms with Crippen LogP contribution in [0.2, 0.25) is 0 Å². The van der Waals surface area contributed by atoms with Crippen LogP contribution in [0, 0.1) is 12.8 Å². The van der Waals surface area contributed by atoms with Gasteiger partial charge in [0.05, 0.1) is 5.60 Å². The first-order valence-corrected chi connectivity index (χ1v) is 6.47. The Morgan fingerprint density at radius 3 is 3.12 bits per heavy atom. The van der Waals surface area contributed by atoms with Crippen molar-refractivity contribution >= 4 is 5.82 Å². The van der Waals surface area contributed by atoms with Crippen molar-refractivity contribution in [2.24, 2.45) is 5.92 Å². The average molecular weight is 234 g/mol. The van der Waals surface area contributed by atoms with Crippen LogP contribution in [-0.4, -0.2) is 22.2 Å². The van der Waals surface area contributed by atoms with E-state index in [0.717, 1.165) is 30.6 Å². The number of hydrogen-bond donors (Lipinski definition) is 2. The highest BCUT2D eigenvalue weighted by Gasteiger charge is 2.32. The number of anilines is 1. The molecular weight excluding hydrogens is 212 g/mol. The summed E-state index contributed by atoms with van der Waals surface area (Å²) in [5.74, 6) is 1.51. The quantitative estimate of drug-likeness (QED) is 0.845. The number of rotatable bonds is 3.